The van der Waals surface area contributed by atoms with E-state index in [9.17, 15) is 0 Å². The van der Waals surface area contributed by atoms with Gasteiger partial charge in [-0.25, -0.2) is 0 Å². The summed E-state index contributed by atoms with van der Waals surface area (Å²) in [4.78, 5) is 0. The fourth-order valence-corrected chi connectivity index (χ4v) is 1.34. The molecular weight excluding hydrogens is 239 g/mol. The monoisotopic (exact) mass is 240 g/mol. The molecule has 0 rings (SSSR count). The number of nitriles is 2. The molecule has 0 bridgehead atoms. The molecule has 0 N–H and O–H groups in total. The smallest absolute Gasteiger partial charge is 0.195 e. The van der Waals surface area contributed by atoms with Gasteiger partial charge in [-0.3, -0.25) is 0 Å². The third-order valence-corrected chi connectivity index (χ3v) is 2.89. The third kappa shape index (κ3) is 5.57. The zero-order chi connectivity index (χ0) is 9.61. The van der Waals surface area contributed by atoms with Crippen molar-refractivity contribution in [1.29, 1.82) is 10.5 Å². The second-order valence-corrected chi connectivity index (χ2v) is 4.81. The molecule has 0 aromatic heterocycles. The van der Waals surface area contributed by atoms with Gasteiger partial charge in [-0.2, -0.15) is 10.5 Å². The summed E-state index contributed by atoms with van der Waals surface area (Å²) in [7, 11) is 0. The number of nitrogens with zero attached hydrogens (tertiary/aromatic N) is 2. The Morgan fingerprint density at radius 3 is 2.50 bits per heavy atom. The molecule has 12 heavy (non-hydrogen) atoms. The van der Waals surface area contributed by atoms with Crippen LogP contribution in [0.2, 0.25) is 0 Å². The maximum absolute atomic E-state index is 8.38. The van der Waals surface area contributed by atoms with E-state index in [1.54, 1.807) is 12.1 Å². The van der Waals surface area contributed by atoms with Crippen molar-refractivity contribution in [2.45, 2.75) is 4.33 Å². The van der Waals surface area contributed by atoms with Gasteiger partial charge in [0.25, 0.3) is 0 Å². The summed E-state index contributed by atoms with van der Waals surface area (Å²) < 4.78 is -1.19. The lowest BCUT2D eigenvalue weighted by molar-refractivity contribution is 1.15. The van der Waals surface area contributed by atoms with E-state index in [-0.39, 0.29) is 10.1 Å². The first-order valence-electron chi connectivity index (χ1n) is 2.69. The molecule has 0 radical (unpaired) electrons. The standard InChI is InChI=1S/C6H3Cl3N2S/c7-5(1-2-10)12-4-6(8,9)3-11/h1H,4H2/b5-1+. The second kappa shape index (κ2) is 5.56. The minimum Gasteiger partial charge on any atom is -0.195 e. The molecule has 6 heteroatoms. The first-order valence-corrected chi connectivity index (χ1v) is 4.81. The van der Waals surface area contributed by atoms with E-state index in [1.807, 2.05) is 0 Å². The number of allylic oxidation sites excluding steroid dienone is 1. The Bertz CT molecular complexity index is 261. The van der Waals surface area contributed by atoms with Gasteiger partial charge in [0.1, 0.15) is 6.07 Å². The van der Waals surface area contributed by atoms with Crippen molar-refractivity contribution < 1.29 is 0 Å². The molecular formula is C6H3Cl3N2S. The summed E-state index contributed by atoms with van der Waals surface area (Å²) in [6, 6.07) is 3.42. The average molecular weight is 242 g/mol. The number of thioether (sulfide) groups is 1. The molecule has 0 aromatic carbocycles. The highest BCUT2D eigenvalue weighted by atomic mass is 35.5. The highest BCUT2D eigenvalue weighted by Crippen LogP contribution is 2.30. The lowest BCUT2D eigenvalue weighted by Gasteiger charge is -2.07. The summed E-state index contributed by atoms with van der Waals surface area (Å²) in [5.41, 5.74) is 0. The average Bonchev–Trinajstić information content (AvgIpc) is 2.02. The van der Waals surface area contributed by atoms with Gasteiger partial charge >= 0.3 is 0 Å². The molecule has 0 aliphatic carbocycles. The molecule has 0 aliphatic rings. The Labute approximate surface area is 89.7 Å². The van der Waals surface area contributed by atoms with Gasteiger partial charge in [-0.15, -0.1) is 11.8 Å². The number of alkyl halides is 2. The maximum Gasteiger partial charge on any atom is 0.212 e. The second-order valence-electron chi connectivity index (χ2n) is 1.68. The van der Waals surface area contributed by atoms with Crippen molar-refractivity contribution >= 4 is 46.6 Å². The van der Waals surface area contributed by atoms with Crippen molar-refractivity contribution in [3.05, 3.63) is 10.4 Å². The lowest BCUT2D eigenvalue weighted by Crippen LogP contribution is -2.12. The molecule has 0 saturated heterocycles. The Morgan fingerprint density at radius 2 is 2.08 bits per heavy atom. The van der Waals surface area contributed by atoms with E-state index in [1.165, 1.54) is 0 Å². The topological polar surface area (TPSA) is 47.6 Å². The molecule has 0 spiro atoms. The van der Waals surface area contributed by atoms with E-state index >= 15 is 0 Å². The SMILES string of the molecule is N#C/C=C(\Cl)SCC(Cl)(Cl)C#N. The third-order valence-electron chi connectivity index (χ3n) is 0.733. The maximum atomic E-state index is 8.38. The van der Waals surface area contributed by atoms with Crippen molar-refractivity contribution in [1.82, 2.24) is 0 Å². The Morgan fingerprint density at radius 1 is 1.50 bits per heavy atom. The minimum absolute atomic E-state index is 0.129. The van der Waals surface area contributed by atoms with Gasteiger partial charge in [-0.1, -0.05) is 34.8 Å². The number of halogens is 3. The highest BCUT2D eigenvalue weighted by Gasteiger charge is 2.23. The van der Waals surface area contributed by atoms with Crippen LogP contribution >= 0.6 is 46.6 Å². The highest BCUT2D eigenvalue weighted by molar-refractivity contribution is 8.04. The van der Waals surface area contributed by atoms with Crippen LogP contribution in [-0.4, -0.2) is 10.1 Å². The van der Waals surface area contributed by atoms with Crippen LogP contribution in [-0.2, 0) is 0 Å². The molecule has 0 saturated carbocycles. The van der Waals surface area contributed by atoms with Crippen molar-refractivity contribution in [2.24, 2.45) is 0 Å². The summed E-state index contributed by atoms with van der Waals surface area (Å²) in [6.07, 6.45) is 1.15. The van der Waals surface area contributed by atoms with Crippen LogP contribution in [0.25, 0.3) is 0 Å². The van der Waals surface area contributed by atoms with Crippen LogP contribution in [0, 0.1) is 22.7 Å². The molecule has 0 unspecified atom stereocenters. The van der Waals surface area contributed by atoms with Gasteiger partial charge in [0.15, 0.2) is 0 Å². The van der Waals surface area contributed by atoms with Crippen molar-refractivity contribution in [3.63, 3.8) is 0 Å². The Kier molecular flexibility index (Phi) is 5.53. The largest absolute Gasteiger partial charge is 0.212 e. The van der Waals surface area contributed by atoms with Gasteiger partial charge in [0.2, 0.25) is 4.33 Å². The van der Waals surface area contributed by atoms with Crippen LogP contribution in [0.15, 0.2) is 10.4 Å². The summed E-state index contributed by atoms with van der Waals surface area (Å²) in [6.45, 7) is 0. The fraction of sp³-hybridized carbons (Fsp3) is 0.333. The normalized spacial score (nSPS) is 11.9. The van der Waals surface area contributed by atoms with Gasteiger partial charge in [-0.05, 0) is 0 Å². The molecule has 0 aromatic rings. The van der Waals surface area contributed by atoms with Crippen LogP contribution in [0.5, 0.6) is 0 Å². The predicted octanol–water partition coefficient (Wildman–Crippen LogP) is 3.02. The molecule has 0 amide bonds. The first kappa shape index (κ1) is 11.9. The van der Waals surface area contributed by atoms with E-state index in [2.05, 4.69) is 0 Å². The van der Waals surface area contributed by atoms with Crippen molar-refractivity contribution in [2.75, 3.05) is 5.75 Å². The lowest BCUT2D eigenvalue weighted by atomic mass is 10.5. The molecule has 2 nitrogen and oxygen atoms in total. The quantitative estimate of drug-likeness (QED) is 0.564. The van der Waals surface area contributed by atoms with E-state index in [0.29, 0.717) is 0 Å². The fourth-order valence-electron chi connectivity index (χ4n) is 0.284. The Balaban J connectivity index is 3.96. The van der Waals surface area contributed by atoms with Gasteiger partial charge in [0, 0.05) is 11.8 Å². The van der Waals surface area contributed by atoms with Gasteiger partial charge < -0.3 is 0 Å². The molecule has 0 fully saturated rings. The van der Waals surface area contributed by atoms with E-state index in [0.717, 1.165) is 17.8 Å². The molecule has 64 valence electrons. The summed E-state index contributed by atoms with van der Waals surface area (Å²) in [5.74, 6) is 0.129. The van der Waals surface area contributed by atoms with Gasteiger partial charge in [0.05, 0.1) is 10.4 Å². The number of rotatable bonds is 3. The molecule has 0 aliphatic heterocycles. The van der Waals surface area contributed by atoms with Crippen LogP contribution in [0.1, 0.15) is 0 Å². The number of hydrogen-bond donors (Lipinski definition) is 0. The first-order chi connectivity index (χ1) is 5.52. The van der Waals surface area contributed by atoms with Crippen LogP contribution in [0.4, 0.5) is 0 Å². The van der Waals surface area contributed by atoms with E-state index < -0.39 is 4.33 Å². The van der Waals surface area contributed by atoms with Crippen molar-refractivity contribution in [3.8, 4) is 12.1 Å². The Hall–Kier alpha value is -0.0600. The molecule has 0 heterocycles. The van der Waals surface area contributed by atoms with E-state index in [4.69, 9.17) is 45.3 Å². The predicted molar refractivity (Wildman–Crippen MR) is 52.1 cm³/mol. The summed E-state index contributed by atoms with van der Waals surface area (Å²) >= 11 is 17.5. The zero-order valence-electron chi connectivity index (χ0n) is 5.72. The minimum atomic E-state index is -1.45. The molecule has 0 atom stereocenters. The summed E-state index contributed by atoms with van der Waals surface area (Å²) in [5, 5.41) is 16.6. The zero-order valence-corrected chi connectivity index (χ0v) is 8.81. The van der Waals surface area contributed by atoms with Crippen LogP contribution < -0.4 is 0 Å². The number of hydrogen-bond acceptors (Lipinski definition) is 3. The van der Waals surface area contributed by atoms with Crippen LogP contribution in [0.3, 0.4) is 0 Å².